The molecule has 8 heteroatoms. The lowest BCUT2D eigenvalue weighted by Crippen LogP contribution is -2.34. The first-order valence-corrected chi connectivity index (χ1v) is 9.00. The number of rotatable bonds is 4. The van der Waals surface area contributed by atoms with Crippen molar-refractivity contribution in [3.8, 4) is 0 Å². The van der Waals surface area contributed by atoms with E-state index in [1.165, 1.54) is 11.0 Å². The molecule has 130 valence electrons. The molecule has 0 unspecified atom stereocenters. The summed E-state index contributed by atoms with van der Waals surface area (Å²) in [6, 6.07) is 13.4. The Morgan fingerprint density at radius 2 is 1.96 bits per heavy atom. The molecule has 0 radical (unpaired) electrons. The Bertz CT molecular complexity index is 954. The van der Waals surface area contributed by atoms with Crippen LogP contribution < -0.4 is 5.32 Å². The number of hydrogen-bond donors (Lipinski definition) is 2. The van der Waals surface area contributed by atoms with Crippen molar-refractivity contribution in [2.24, 2.45) is 4.40 Å². The van der Waals surface area contributed by atoms with Gasteiger partial charge in [0.25, 0.3) is 10.0 Å². The summed E-state index contributed by atoms with van der Waals surface area (Å²) in [5.74, 6) is -0.0723. The fraction of sp³-hybridized carbons (Fsp3) is 0.176. The van der Waals surface area contributed by atoms with Gasteiger partial charge in [-0.1, -0.05) is 24.3 Å². The van der Waals surface area contributed by atoms with Crippen LogP contribution >= 0.6 is 0 Å². The summed E-state index contributed by atoms with van der Waals surface area (Å²) in [7, 11) is -2.11. The molecule has 1 aliphatic rings. The summed E-state index contributed by atoms with van der Waals surface area (Å²) in [6.07, 6.45) is 0. The van der Waals surface area contributed by atoms with E-state index in [0.717, 1.165) is 0 Å². The third kappa shape index (κ3) is 3.54. The molecule has 0 aromatic heterocycles. The van der Waals surface area contributed by atoms with Crippen LogP contribution in [0.4, 0.5) is 5.69 Å². The van der Waals surface area contributed by atoms with E-state index >= 15 is 0 Å². The predicted molar refractivity (Wildman–Crippen MR) is 93.8 cm³/mol. The summed E-state index contributed by atoms with van der Waals surface area (Å²) in [4.78, 5) is 13.9. The van der Waals surface area contributed by atoms with Crippen molar-refractivity contribution in [1.29, 1.82) is 0 Å². The first kappa shape index (κ1) is 17.1. The standard InChI is InChI=1S/C17H17N3O4S/c1-20(10-16(22)18-13-6-4-5-12(9-13)11-21)17-14-7-2-3-8-15(14)25(23,24)19-17/h2-9,21H,10-11H2,1H3,(H,18,22). The SMILES string of the molecule is CN(CC(=O)Nc1cccc(CO)c1)C1=NS(=O)(=O)c2ccccc21. The van der Waals surface area contributed by atoms with Gasteiger partial charge in [0.2, 0.25) is 5.91 Å². The molecule has 1 heterocycles. The molecule has 1 amide bonds. The molecule has 2 aromatic rings. The highest BCUT2D eigenvalue weighted by molar-refractivity contribution is 7.90. The molecule has 7 nitrogen and oxygen atoms in total. The van der Waals surface area contributed by atoms with Gasteiger partial charge in [-0.05, 0) is 29.8 Å². The lowest BCUT2D eigenvalue weighted by molar-refractivity contribution is -0.116. The Morgan fingerprint density at radius 1 is 1.20 bits per heavy atom. The molecule has 25 heavy (non-hydrogen) atoms. The maximum atomic E-state index is 12.2. The minimum atomic E-state index is -3.72. The molecule has 1 aliphatic heterocycles. The number of carbonyl (C=O) groups is 1. The Kier molecular flexibility index (Phi) is 4.56. The van der Waals surface area contributed by atoms with Gasteiger partial charge in [0.05, 0.1) is 13.2 Å². The third-order valence-electron chi connectivity index (χ3n) is 3.75. The van der Waals surface area contributed by atoms with Gasteiger partial charge >= 0.3 is 0 Å². The summed E-state index contributed by atoms with van der Waals surface area (Å²) < 4.78 is 27.9. The average molecular weight is 359 g/mol. The van der Waals surface area contributed by atoms with Gasteiger partial charge in [-0.25, -0.2) is 0 Å². The molecule has 2 aromatic carbocycles. The predicted octanol–water partition coefficient (Wildman–Crippen LogP) is 1.20. The zero-order valence-electron chi connectivity index (χ0n) is 13.5. The molecule has 0 saturated carbocycles. The van der Waals surface area contributed by atoms with Gasteiger partial charge in [-0.15, -0.1) is 4.40 Å². The molecule has 0 fully saturated rings. The van der Waals surface area contributed by atoms with Crippen molar-refractivity contribution < 1.29 is 18.3 Å². The molecule has 0 spiro atoms. The number of aliphatic hydroxyl groups excluding tert-OH is 1. The number of nitrogens with one attached hydrogen (secondary N) is 1. The Balaban J connectivity index is 1.74. The van der Waals surface area contributed by atoms with E-state index in [9.17, 15) is 13.2 Å². The Hall–Kier alpha value is -2.71. The van der Waals surface area contributed by atoms with E-state index in [-0.39, 0.29) is 29.8 Å². The van der Waals surface area contributed by atoms with Gasteiger partial charge in [0.15, 0.2) is 5.84 Å². The number of aliphatic hydroxyl groups is 1. The number of benzene rings is 2. The molecular formula is C17H17N3O4S. The lowest BCUT2D eigenvalue weighted by atomic mass is 10.2. The molecule has 3 rings (SSSR count). The van der Waals surface area contributed by atoms with Crippen LogP contribution in [0.1, 0.15) is 11.1 Å². The second-order valence-electron chi connectivity index (χ2n) is 5.65. The van der Waals surface area contributed by atoms with E-state index in [1.54, 1.807) is 49.5 Å². The second-order valence-corrected chi connectivity index (χ2v) is 7.22. The Labute approximate surface area is 145 Å². The van der Waals surface area contributed by atoms with E-state index < -0.39 is 10.0 Å². The topological polar surface area (TPSA) is 99.1 Å². The van der Waals surface area contributed by atoms with Crippen LogP contribution in [0.15, 0.2) is 57.8 Å². The molecule has 0 atom stereocenters. The van der Waals surface area contributed by atoms with Crippen LogP contribution in [0, 0.1) is 0 Å². The largest absolute Gasteiger partial charge is 0.392 e. The van der Waals surface area contributed by atoms with E-state index in [0.29, 0.717) is 16.8 Å². The minimum Gasteiger partial charge on any atom is -0.392 e. The first-order valence-electron chi connectivity index (χ1n) is 7.56. The smallest absolute Gasteiger partial charge is 0.285 e. The van der Waals surface area contributed by atoms with E-state index in [2.05, 4.69) is 9.71 Å². The zero-order chi connectivity index (χ0) is 18.0. The lowest BCUT2D eigenvalue weighted by Gasteiger charge is -2.18. The van der Waals surface area contributed by atoms with Crippen LogP contribution in [0.25, 0.3) is 0 Å². The maximum Gasteiger partial charge on any atom is 0.285 e. The van der Waals surface area contributed by atoms with Gasteiger partial charge in [-0.2, -0.15) is 8.42 Å². The number of amidine groups is 1. The minimum absolute atomic E-state index is 0.0635. The molecule has 0 aliphatic carbocycles. The highest BCUT2D eigenvalue weighted by Crippen LogP contribution is 2.26. The fourth-order valence-electron chi connectivity index (χ4n) is 2.60. The summed E-state index contributed by atoms with van der Waals surface area (Å²) in [6.45, 7) is -0.179. The summed E-state index contributed by atoms with van der Waals surface area (Å²) in [5, 5.41) is 11.9. The monoisotopic (exact) mass is 359 g/mol. The molecular weight excluding hydrogens is 342 g/mol. The number of anilines is 1. The van der Waals surface area contributed by atoms with Crippen LogP contribution in [0.2, 0.25) is 0 Å². The molecule has 0 saturated heterocycles. The highest BCUT2D eigenvalue weighted by Gasteiger charge is 2.30. The number of sulfonamides is 1. The van der Waals surface area contributed by atoms with Crippen molar-refractivity contribution in [3.63, 3.8) is 0 Å². The van der Waals surface area contributed by atoms with Crippen molar-refractivity contribution >= 4 is 27.5 Å². The van der Waals surface area contributed by atoms with Crippen LogP contribution in [-0.2, 0) is 21.4 Å². The van der Waals surface area contributed by atoms with Crippen LogP contribution in [0.5, 0.6) is 0 Å². The van der Waals surface area contributed by atoms with Crippen molar-refractivity contribution in [1.82, 2.24) is 4.90 Å². The van der Waals surface area contributed by atoms with Gasteiger partial charge in [-0.3, -0.25) is 4.79 Å². The number of hydrogen-bond acceptors (Lipinski definition) is 5. The van der Waals surface area contributed by atoms with Gasteiger partial charge in [0.1, 0.15) is 4.90 Å². The number of fused-ring (bicyclic) bond motifs is 1. The normalized spacial score (nSPS) is 14.6. The first-order chi connectivity index (χ1) is 11.9. The zero-order valence-corrected chi connectivity index (χ0v) is 14.3. The Morgan fingerprint density at radius 3 is 2.72 bits per heavy atom. The maximum absolute atomic E-state index is 12.2. The number of nitrogens with zero attached hydrogens (tertiary/aromatic N) is 2. The third-order valence-corrected chi connectivity index (χ3v) is 5.07. The van der Waals surface area contributed by atoms with Crippen molar-refractivity contribution in [2.75, 3.05) is 18.9 Å². The van der Waals surface area contributed by atoms with Gasteiger partial charge < -0.3 is 15.3 Å². The van der Waals surface area contributed by atoms with Crippen LogP contribution in [0.3, 0.4) is 0 Å². The quantitative estimate of drug-likeness (QED) is 0.855. The van der Waals surface area contributed by atoms with Crippen molar-refractivity contribution in [2.45, 2.75) is 11.5 Å². The molecule has 0 bridgehead atoms. The fourth-order valence-corrected chi connectivity index (χ4v) is 3.85. The average Bonchev–Trinajstić information content (AvgIpc) is 2.87. The van der Waals surface area contributed by atoms with Crippen LogP contribution in [-0.4, -0.2) is 43.8 Å². The van der Waals surface area contributed by atoms with Gasteiger partial charge in [0, 0.05) is 18.3 Å². The molecule has 2 N–H and O–H groups in total. The van der Waals surface area contributed by atoms with E-state index in [4.69, 9.17) is 5.11 Å². The number of carbonyl (C=O) groups excluding carboxylic acids is 1. The second kappa shape index (κ2) is 6.66. The number of amides is 1. The number of likely N-dealkylation sites (N-methyl/N-ethyl adjacent to an activating group) is 1. The van der Waals surface area contributed by atoms with E-state index in [1.807, 2.05) is 0 Å². The highest BCUT2D eigenvalue weighted by atomic mass is 32.2. The van der Waals surface area contributed by atoms with Crippen molar-refractivity contribution in [3.05, 3.63) is 59.7 Å². The summed E-state index contributed by atoms with van der Waals surface area (Å²) in [5.41, 5.74) is 1.73. The summed E-state index contributed by atoms with van der Waals surface area (Å²) >= 11 is 0.